The number of benzene rings is 1. The summed E-state index contributed by atoms with van der Waals surface area (Å²) in [5, 5.41) is 2.74. The Morgan fingerprint density at radius 3 is 2.45 bits per heavy atom. The average Bonchev–Trinajstić information content (AvgIpc) is 3.29. The summed E-state index contributed by atoms with van der Waals surface area (Å²) < 4.78 is 17.7. The van der Waals surface area contributed by atoms with Crippen LogP contribution in [0.3, 0.4) is 0 Å². The third-order valence-corrected chi connectivity index (χ3v) is 3.32. The molecule has 2 rings (SSSR count). The molecule has 0 aromatic heterocycles. The van der Waals surface area contributed by atoms with Crippen molar-refractivity contribution >= 4 is 17.7 Å². The first kappa shape index (κ1) is 16.1. The molecule has 0 bridgehead atoms. The van der Waals surface area contributed by atoms with Crippen molar-refractivity contribution in [3.8, 4) is 0 Å². The van der Waals surface area contributed by atoms with E-state index in [4.69, 9.17) is 4.74 Å². The van der Waals surface area contributed by atoms with Crippen LogP contribution in [0.15, 0.2) is 24.3 Å². The quantitative estimate of drug-likeness (QED) is 0.618. The first-order chi connectivity index (χ1) is 10.5. The Balaban J connectivity index is 1.73. The van der Waals surface area contributed by atoms with Gasteiger partial charge in [-0.3, -0.25) is 14.4 Å². The van der Waals surface area contributed by atoms with Gasteiger partial charge in [-0.1, -0.05) is 0 Å². The number of hydrogen-bond donors (Lipinski definition) is 1. The maximum Gasteiger partial charge on any atom is 0.307 e. The van der Waals surface area contributed by atoms with Crippen molar-refractivity contribution in [1.29, 1.82) is 0 Å². The number of ether oxygens (including phenoxy) is 1. The monoisotopic (exact) mass is 307 g/mol. The van der Waals surface area contributed by atoms with E-state index in [1.165, 1.54) is 31.2 Å². The van der Waals surface area contributed by atoms with Crippen molar-refractivity contribution in [2.75, 3.05) is 0 Å². The molecule has 1 aromatic carbocycles. The molecule has 5 nitrogen and oxygen atoms in total. The Morgan fingerprint density at radius 1 is 1.23 bits per heavy atom. The fourth-order valence-electron chi connectivity index (χ4n) is 1.85. The van der Waals surface area contributed by atoms with Crippen molar-refractivity contribution in [1.82, 2.24) is 5.32 Å². The van der Waals surface area contributed by atoms with E-state index in [-0.39, 0.29) is 30.6 Å². The van der Waals surface area contributed by atoms with Crippen LogP contribution in [0.2, 0.25) is 0 Å². The number of carbonyl (C=O) groups excluding carboxylic acids is 3. The highest BCUT2D eigenvalue weighted by Gasteiger charge is 2.27. The largest absolute Gasteiger partial charge is 0.453 e. The molecule has 0 aliphatic heterocycles. The number of nitrogens with one attached hydrogen (secondary N) is 1. The molecule has 1 unspecified atom stereocenters. The van der Waals surface area contributed by atoms with E-state index in [0.717, 1.165) is 12.8 Å². The molecule has 1 amide bonds. The molecule has 1 aliphatic rings. The molecule has 1 saturated carbocycles. The number of esters is 1. The van der Waals surface area contributed by atoms with Crippen LogP contribution in [-0.4, -0.2) is 29.8 Å². The van der Waals surface area contributed by atoms with Crippen molar-refractivity contribution in [3.63, 3.8) is 0 Å². The van der Waals surface area contributed by atoms with Crippen LogP contribution in [0.1, 0.15) is 43.0 Å². The number of amides is 1. The molecule has 1 aliphatic carbocycles. The standard InChI is InChI=1S/C16H18FNO4/c1-10(16(21)18-13-6-7-13)22-15(20)9-8-14(19)11-2-4-12(17)5-3-11/h2-5,10,13H,6-9H2,1H3,(H,18,21). The molecule has 1 aromatic rings. The number of rotatable bonds is 7. The molecule has 0 spiro atoms. The highest BCUT2D eigenvalue weighted by Crippen LogP contribution is 2.18. The Bertz CT molecular complexity index is 566. The lowest BCUT2D eigenvalue weighted by Gasteiger charge is -2.12. The second kappa shape index (κ2) is 7.15. The normalized spacial score (nSPS) is 15.0. The first-order valence-electron chi connectivity index (χ1n) is 7.24. The molecule has 6 heteroatoms. The lowest BCUT2D eigenvalue weighted by Crippen LogP contribution is -2.37. The summed E-state index contributed by atoms with van der Waals surface area (Å²) in [7, 11) is 0. The molecular formula is C16H18FNO4. The minimum Gasteiger partial charge on any atom is -0.453 e. The van der Waals surface area contributed by atoms with Crippen LogP contribution >= 0.6 is 0 Å². The van der Waals surface area contributed by atoms with E-state index in [0.29, 0.717) is 5.56 Å². The average molecular weight is 307 g/mol. The Morgan fingerprint density at radius 2 is 1.86 bits per heavy atom. The molecule has 1 N–H and O–H groups in total. The fraction of sp³-hybridized carbons (Fsp3) is 0.438. The van der Waals surface area contributed by atoms with Gasteiger partial charge in [-0.15, -0.1) is 0 Å². The van der Waals surface area contributed by atoms with Gasteiger partial charge in [0, 0.05) is 18.0 Å². The number of Topliss-reactive ketones (excluding diaryl/α,β-unsaturated/α-hetero) is 1. The summed E-state index contributed by atoms with van der Waals surface area (Å²) in [5.41, 5.74) is 0.341. The van der Waals surface area contributed by atoms with E-state index in [9.17, 15) is 18.8 Å². The van der Waals surface area contributed by atoms with Gasteiger partial charge in [0.2, 0.25) is 0 Å². The van der Waals surface area contributed by atoms with E-state index < -0.39 is 17.9 Å². The van der Waals surface area contributed by atoms with Crippen LogP contribution < -0.4 is 5.32 Å². The molecule has 0 saturated heterocycles. The molecule has 118 valence electrons. The van der Waals surface area contributed by atoms with Crippen molar-refractivity contribution in [3.05, 3.63) is 35.6 Å². The predicted octanol–water partition coefficient (Wildman–Crippen LogP) is 2.00. The van der Waals surface area contributed by atoms with Gasteiger partial charge in [-0.25, -0.2) is 4.39 Å². The van der Waals surface area contributed by atoms with E-state index in [2.05, 4.69) is 5.32 Å². The molecule has 1 atom stereocenters. The summed E-state index contributed by atoms with van der Waals surface area (Å²) in [6.45, 7) is 1.50. The van der Waals surface area contributed by atoms with E-state index >= 15 is 0 Å². The summed E-state index contributed by atoms with van der Waals surface area (Å²) in [6, 6.07) is 5.32. The fourth-order valence-corrected chi connectivity index (χ4v) is 1.85. The van der Waals surface area contributed by atoms with Crippen molar-refractivity contribution in [2.45, 2.75) is 44.8 Å². The van der Waals surface area contributed by atoms with Crippen molar-refractivity contribution < 1.29 is 23.5 Å². The summed E-state index contributed by atoms with van der Waals surface area (Å²) in [5.74, 6) is -1.62. The van der Waals surface area contributed by atoms with Gasteiger partial charge in [-0.05, 0) is 44.0 Å². The lowest BCUT2D eigenvalue weighted by atomic mass is 10.1. The van der Waals surface area contributed by atoms with Crippen LogP contribution in [0, 0.1) is 5.82 Å². The highest BCUT2D eigenvalue weighted by atomic mass is 19.1. The summed E-state index contributed by atoms with van der Waals surface area (Å²) >= 11 is 0. The minimum absolute atomic E-state index is 0.0402. The zero-order valence-corrected chi connectivity index (χ0v) is 12.3. The molecule has 22 heavy (non-hydrogen) atoms. The maximum absolute atomic E-state index is 12.8. The van der Waals surface area contributed by atoms with Gasteiger partial charge in [-0.2, -0.15) is 0 Å². The minimum atomic E-state index is -0.867. The van der Waals surface area contributed by atoms with Crippen LogP contribution in [0.25, 0.3) is 0 Å². The van der Waals surface area contributed by atoms with Crippen LogP contribution in [0.4, 0.5) is 4.39 Å². The second-order valence-corrected chi connectivity index (χ2v) is 5.35. The Hall–Kier alpha value is -2.24. The third-order valence-electron chi connectivity index (χ3n) is 3.32. The Labute approximate surface area is 127 Å². The SMILES string of the molecule is CC(OC(=O)CCC(=O)c1ccc(F)cc1)C(=O)NC1CC1. The maximum atomic E-state index is 12.8. The number of carbonyl (C=O) groups is 3. The topological polar surface area (TPSA) is 72.5 Å². The lowest BCUT2D eigenvalue weighted by molar-refractivity contribution is -0.154. The number of hydrogen-bond acceptors (Lipinski definition) is 4. The predicted molar refractivity (Wildman–Crippen MR) is 76.7 cm³/mol. The smallest absolute Gasteiger partial charge is 0.307 e. The van der Waals surface area contributed by atoms with Crippen LogP contribution in [-0.2, 0) is 14.3 Å². The molecular weight excluding hydrogens is 289 g/mol. The van der Waals surface area contributed by atoms with Gasteiger partial charge in [0.25, 0.3) is 5.91 Å². The second-order valence-electron chi connectivity index (χ2n) is 5.35. The van der Waals surface area contributed by atoms with Gasteiger partial charge in [0.1, 0.15) is 5.82 Å². The number of halogens is 1. The molecule has 0 heterocycles. The van der Waals surface area contributed by atoms with Gasteiger partial charge in [0.15, 0.2) is 11.9 Å². The van der Waals surface area contributed by atoms with Gasteiger partial charge >= 0.3 is 5.97 Å². The summed E-state index contributed by atoms with van der Waals surface area (Å²) in [4.78, 5) is 35.1. The van der Waals surface area contributed by atoms with Gasteiger partial charge < -0.3 is 10.1 Å². The summed E-state index contributed by atoms with van der Waals surface area (Å²) in [6.07, 6.45) is 0.893. The molecule has 1 fully saturated rings. The zero-order valence-electron chi connectivity index (χ0n) is 12.3. The highest BCUT2D eigenvalue weighted by molar-refractivity contribution is 5.97. The van der Waals surface area contributed by atoms with E-state index in [1.807, 2.05) is 0 Å². The molecule has 0 radical (unpaired) electrons. The zero-order chi connectivity index (χ0) is 16.1. The number of ketones is 1. The van der Waals surface area contributed by atoms with E-state index in [1.54, 1.807) is 0 Å². The van der Waals surface area contributed by atoms with Crippen LogP contribution in [0.5, 0.6) is 0 Å². The first-order valence-corrected chi connectivity index (χ1v) is 7.24. The van der Waals surface area contributed by atoms with Gasteiger partial charge in [0.05, 0.1) is 6.42 Å². The van der Waals surface area contributed by atoms with Crippen molar-refractivity contribution in [2.24, 2.45) is 0 Å². The Kier molecular flexibility index (Phi) is 5.25. The third kappa shape index (κ3) is 4.95.